The summed E-state index contributed by atoms with van der Waals surface area (Å²) in [6.45, 7) is 6.30. The summed E-state index contributed by atoms with van der Waals surface area (Å²) in [7, 11) is 2.15. The highest BCUT2D eigenvalue weighted by atomic mass is 16.1. The maximum Gasteiger partial charge on any atom is 0.211 e. The van der Waals surface area contributed by atoms with Crippen molar-refractivity contribution >= 4 is 28.7 Å². The van der Waals surface area contributed by atoms with E-state index in [0.717, 1.165) is 42.8 Å². The van der Waals surface area contributed by atoms with E-state index in [1.54, 1.807) is 0 Å². The van der Waals surface area contributed by atoms with Crippen LogP contribution in [-0.2, 0) is 4.79 Å². The number of fused-ring (bicyclic) bond motifs is 1. The van der Waals surface area contributed by atoms with Crippen LogP contribution < -0.4 is 15.5 Å². The number of benzene rings is 1. The van der Waals surface area contributed by atoms with E-state index in [9.17, 15) is 4.79 Å². The SMILES string of the molecule is Cc1[nH]c2c(NC=O)ccc(N(C)[C@H]3CCNC3)c2c1C. The van der Waals surface area contributed by atoms with Gasteiger partial charge >= 0.3 is 0 Å². The van der Waals surface area contributed by atoms with Crippen molar-refractivity contribution in [3.8, 4) is 0 Å². The average molecular weight is 286 g/mol. The minimum Gasteiger partial charge on any atom is -0.370 e. The van der Waals surface area contributed by atoms with Crippen LogP contribution in [0.3, 0.4) is 0 Å². The van der Waals surface area contributed by atoms with Crippen molar-refractivity contribution in [3.63, 3.8) is 0 Å². The molecule has 5 heteroatoms. The van der Waals surface area contributed by atoms with E-state index in [1.807, 2.05) is 6.07 Å². The molecule has 3 N–H and O–H groups in total. The van der Waals surface area contributed by atoms with Crippen molar-refractivity contribution in [1.29, 1.82) is 0 Å². The Morgan fingerprint density at radius 3 is 2.86 bits per heavy atom. The Labute approximate surface area is 124 Å². The zero-order valence-electron chi connectivity index (χ0n) is 12.8. The molecule has 1 aliphatic rings. The first-order chi connectivity index (χ1) is 10.1. The number of anilines is 2. The number of aromatic nitrogens is 1. The molecule has 5 nitrogen and oxygen atoms in total. The van der Waals surface area contributed by atoms with Gasteiger partial charge in [-0.05, 0) is 44.5 Å². The van der Waals surface area contributed by atoms with Crippen molar-refractivity contribution in [3.05, 3.63) is 23.4 Å². The molecule has 112 valence electrons. The molecule has 2 heterocycles. The predicted molar refractivity (Wildman–Crippen MR) is 87.1 cm³/mol. The third-order valence-corrected chi connectivity index (χ3v) is 4.61. The molecule has 1 aromatic carbocycles. The van der Waals surface area contributed by atoms with Crippen molar-refractivity contribution in [2.24, 2.45) is 0 Å². The van der Waals surface area contributed by atoms with Gasteiger partial charge in [0, 0.05) is 36.4 Å². The van der Waals surface area contributed by atoms with Gasteiger partial charge in [-0.3, -0.25) is 4.79 Å². The van der Waals surface area contributed by atoms with E-state index in [2.05, 4.69) is 47.5 Å². The van der Waals surface area contributed by atoms with Crippen LogP contribution in [0.2, 0.25) is 0 Å². The second-order valence-electron chi connectivity index (χ2n) is 5.78. The largest absolute Gasteiger partial charge is 0.370 e. The molecule has 2 aromatic rings. The number of likely N-dealkylation sites (N-methyl/N-ethyl adjacent to an activating group) is 1. The second kappa shape index (κ2) is 5.41. The van der Waals surface area contributed by atoms with Gasteiger partial charge in [0.15, 0.2) is 0 Å². The lowest BCUT2D eigenvalue weighted by Crippen LogP contribution is -2.33. The second-order valence-corrected chi connectivity index (χ2v) is 5.78. The van der Waals surface area contributed by atoms with Crippen molar-refractivity contribution in [2.45, 2.75) is 26.3 Å². The summed E-state index contributed by atoms with van der Waals surface area (Å²) >= 11 is 0. The Hall–Kier alpha value is -2.01. The summed E-state index contributed by atoms with van der Waals surface area (Å²) in [6, 6.07) is 4.60. The van der Waals surface area contributed by atoms with Crippen LogP contribution >= 0.6 is 0 Å². The molecule has 0 radical (unpaired) electrons. The predicted octanol–water partition coefficient (Wildman–Crippen LogP) is 2.15. The fraction of sp³-hybridized carbons (Fsp3) is 0.438. The van der Waals surface area contributed by atoms with Gasteiger partial charge in [0.2, 0.25) is 6.41 Å². The first kappa shape index (κ1) is 13.9. The molecule has 0 bridgehead atoms. The Morgan fingerprint density at radius 2 is 2.19 bits per heavy atom. The number of nitrogens with one attached hydrogen (secondary N) is 3. The lowest BCUT2D eigenvalue weighted by molar-refractivity contribution is -0.105. The molecule has 21 heavy (non-hydrogen) atoms. The number of aryl methyl sites for hydroxylation is 2. The van der Waals surface area contributed by atoms with Gasteiger partial charge in [-0.25, -0.2) is 0 Å². The number of hydrogen-bond donors (Lipinski definition) is 3. The number of rotatable bonds is 4. The molecular formula is C16H22N4O. The first-order valence-corrected chi connectivity index (χ1v) is 7.39. The van der Waals surface area contributed by atoms with Crippen LogP contribution in [0.25, 0.3) is 10.9 Å². The number of carbonyl (C=O) groups is 1. The molecule has 0 saturated carbocycles. The highest BCUT2D eigenvalue weighted by Crippen LogP contribution is 2.36. The maximum absolute atomic E-state index is 10.8. The third-order valence-electron chi connectivity index (χ3n) is 4.61. The minimum atomic E-state index is 0.521. The molecule has 3 rings (SSSR count). The number of H-pyrrole nitrogens is 1. The number of aromatic amines is 1. The average Bonchev–Trinajstić information content (AvgIpc) is 3.10. The highest BCUT2D eigenvalue weighted by molar-refractivity contribution is 6.04. The third kappa shape index (κ3) is 2.27. The molecule has 1 aliphatic heterocycles. The number of nitrogens with zero attached hydrogens (tertiary/aromatic N) is 1. The van der Waals surface area contributed by atoms with Crippen LogP contribution in [0.15, 0.2) is 12.1 Å². The molecule has 0 aliphatic carbocycles. The summed E-state index contributed by atoms with van der Waals surface area (Å²) in [5.74, 6) is 0. The van der Waals surface area contributed by atoms with Crippen LogP contribution in [0.5, 0.6) is 0 Å². The maximum atomic E-state index is 10.8. The molecule has 0 unspecified atom stereocenters. The zero-order chi connectivity index (χ0) is 15.0. The lowest BCUT2D eigenvalue weighted by Gasteiger charge is -2.27. The zero-order valence-corrected chi connectivity index (χ0v) is 12.8. The van der Waals surface area contributed by atoms with Gasteiger partial charge in [0.05, 0.1) is 11.2 Å². The lowest BCUT2D eigenvalue weighted by atomic mass is 10.1. The van der Waals surface area contributed by atoms with Crippen molar-refractivity contribution < 1.29 is 4.79 Å². The van der Waals surface area contributed by atoms with Gasteiger partial charge in [-0.15, -0.1) is 0 Å². The Kier molecular flexibility index (Phi) is 3.59. The van der Waals surface area contributed by atoms with E-state index in [-0.39, 0.29) is 0 Å². The van der Waals surface area contributed by atoms with Crippen LogP contribution in [0.1, 0.15) is 17.7 Å². The summed E-state index contributed by atoms with van der Waals surface area (Å²) in [6.07, 6.45) is 1.89. The van der Waals surface area contributed by atoms with Crippen LogP contribution in [0, 0.1) is 13.8 Å². The van der Waals surface area contributed by atoms with Gasteiger partial charge in [0.1, 0.15) is 0 Å². The van der Waals surface area contributed by atoms with Gasteiger partial charge in [-0.2, -0.15) is 0 Å². The molecule has 1 atom stereocenters. The summed E-state index contributed by atoms with van der Waals surface area (Å²) in [5, 5.41) is 7.40. The standard InChI is InChI=1S/C16H22N4O/c1-10-11(2)19-16-13(18-9-21)4-5-14(15(10)16)20(3)12-6-7-17-8-12/h4-5,9,12,17,19H,6-8H2,1-3H3,(H,18,21)/t12-/m0/s1. The number of amides is 1. The monoisotopic (exact) mass is 286 g/mol. The summed E-state index contributed by atoms with van der Waals surface area (Å²) in [4.78, 5) is 16.6. The van der Waals surface area contributed by atoms with E-state index in [1.165, 1.54) is 16.6 Å². The molecule has 1 fully saturated rings. The van der Waals surface area contributed by atoms with Crippen LogP contribution in [-0.4, -0.2) is 37.6 Å². The van der Waals surface area contributed by atoms with E-state index < -0.39 is 0 Å². The van der Waals surface area contributed by atoms with Gasteiger partial charge in [-0.1, -0.05) is 0 Å². The molecule has 1 amide bonds. The molecular weight excluding hydrogens is 264 g/mol. The smallest absolute Gasteiger partial charge is 0.211 e. The van der Waals surface area contributed by atoms with Crippen molar-refractivity contribution in [2.75, 3.05) is 30.4 Å². The van der Waals surface area contributed by atoms with E-state index in [4.69, 9.17) is 0 Å². The van der Waals surface area contributed by atoms with Gasteiger partial charge < -0.3 is 20.5 Å². The van der Waals surface area contributed by atoms with E-state index in [0.29, 0.717) is 6.04 Å². The molecule has 1 aromatic heterocycles. The number of carbonyl (C=O) groups excluding carboxylic acids is 1. The topological polar surface area (TPSA) is 60.2 Å². The van der Waals surface area contributed by atoms with Crippen molar-refractivity contribution in [1.82, 2.24) is 10.3 Å². The summed E-state index contributed by atoms with van der Waals surface area (Å²) < 4.78 is 0. The molecule has 0 spiro atoms. The highest BCUT2D eigenvalue weighted by Gasteiger charge is 2.23. The van der Waals surface area contributed by atoms with Crippen LogP contribution in [0.4, 0.5) is 11.4 Å². The minimum absolute atomic E-state index is 0.521. The first-order valence-electron chi connectivity index (χ1n) is 7.39. The Morgan fingerprint density at radius 1 is 1.38 bits per heavy atom. The Balaban J connectivity index is 2.14. The quantitative estimate of drug-likeness (QED) is 0.755. The Bertz CT molecular complexity index is 670. The van der Waals surface area contributed by atoms with E-state index >= 15 is 0 Å². The van der Waals surface area contributed by atoms with Gasteiger partial charge in [0.25, 0.3) is 0 Å². The fourth-order valence-electron chi connectivity index (χ4n) is 3.21. The normalized spacial score (nSPS) is 18.1. The molecule has 1 saturated heterocycles. The number of hydrogen-bond acceptors (Lipinski definition) is 3. The summed E-state index contributed by atoms with van der Waals surface area (Å²) in [5.41, 5.74) is 5.44. The fourth-order valence-corrected chi connectivity index (χ4v) is 3.21.